The Morgan fingerprint density at radius 1 is 1.44 bits per heavy atom. The summed E-state index contributed by atoms with van der Waals surface area (Å²) in [5.41, 5.74) is 0.892. The lowest BCUT2D eigenvalue weighted by Gasteiger charge is -1.99. The molecule has 6 heteroatoms. The van der Waals surface area contributed by atoms with Gasteiger partial charge >= 0.3 is 0 Å². The van der Waals surface area contributed by atoms with Crippen molar-refractivity contribution < 1.29 is 0 Å². The van der Waals surface area contributed by atoms with Crippen molar-refractivity contribution in [2.45, 2.75) is 26.3 Å². The van der Waals surface area contributed by atoms with E-state index in [0.717, 1.165) is 16.6 Å². The highest BCUT2D eigenvalue weighted by Crippen LogP contribution is 2.17. The molecule has 16 heavy (non-hydrogen) atoms. The summed E-state index contributed by atoms with van der Waals surface area (Å²) in [6, 6.07) is 3.79. The first-order chi connectivity index (χ1) is 7.75. The van der Waals surface area contributed by atoms with Crippen molar-refractivity contribution in [3.8, 4) is 0 Å². The van der Waals surface area contributed by atoms with Crippen LogP contribution in [0.1, 0.15) is 31.3 Å². The van der Waals surface area contributed by atoms with E-state index in [4.69, 9.17) is 0 Å². The number of hydrogen-bond acceptors (Lipinski definition) is 6. The fourth-order valence-electron chi connectivity index (χ4n) is 1.14. The highest BCUT2D eigenvalue weighted by atomic mass is 32.1. The zero-order valence-electron chi connectivity index (χ0n) is 9.21. The predicted molar refractivity (Wildman–Crippen MR) is 63.4 cm³/mol. The Balaban J connectivity index is 1.95. The van der Waals surface area contributed by atoms with E-state index in [1.165, 1.54) is 11.5 Å². The van der Waals surface area contributed by atoms with Crippen LogP contribution in [0.25, 0.3) is 0 Å². The van der Waals surface area contributed by atoms with E-state index in [1.807, 2.05) is 12.1 Å². The van der Waals surface area contributed by atoms with Crippen molar-refractivity contribution >= 4 is 16.7 Å². The minimum atomic E-state index is 0.364. The molecule has 2 heterocycles. The molecule has 84 valence electrons. The molecule has 0 atom stereocenters. The fraction of sp³-hybridized carbons (Fsp3) is 0.400. The Bertz CT molecular complexity index is 439. The molecule has 0 aliphatic carbocycles. The average molecular weight is 235 g/mol. The first-order valence-corrected chi connectivity index (χ1v) is 5.87. The summed E-state index contributed by atoms with van der Waals surface area (Å²) in [6.07, 6.45) is 1.66. The van der Waals surface area contributed by atoms with Crippen LogP contribution in [0.2, 0.25) is 0 Å². The normalized spacial score (nSPS) is 10.7. The zero-order chi connectivity index (χ0) is 11.4. The zero-order valence-corrected chi connectivity index (χ0v) is 10.0. The van der Waals surface area contributed by atoms with Gasteiger partial charge in [-0.1, -0.05) is 13.8 Å². The third-order valence-corrected chi connectivity index (χ3v) is 2.69. The second-order valence-electron chi connectivity index (χ2n) is 3.68. The summed E-state index contributed by atoms with van der Waals surface area (Å²) in [6.45, 7) is 4.78. The van der Waals surface area contributed by atoms with Crippen molar-refractivity contribution in [2.75, 3.05) is 5.32 Å². The summed E-state index contributed by atoms with van der Waals surface area (Å²) >= 11 is 1.38. The van der Waals surface area contributed by atoms with Gasteiger partial charge in [0.05, 0.1) is 12.2 Å². The molecule has 0 aliphatic rings. The lowest BCUT2D eigenvalue weighted by molar-refractivity contribution is 0.798. The fourth-order valence-corrected chi connectivity index (χ4v) is 1.84. The first kappa shape index (κ1) is 10.9. The number of nitrogens with one attached hydrogen (secondary N) is 1. The largest absolute Gasteiger partial charge is 0.355 e. The van der Waals surface area contributed by atoms with Gasteiger partial charge in [-0.25, -0.2) is 4.98 Å². The Morgan fingerprint density at radius 3 is 2.94 bits per heavy atom. The maximum Gasteiger partial charge on any atom is 0.202 e. The molecule has 2 rings (SSSR count). The highest BCUT2D eigenvalue weighted by molar-refractivity contribution is 7.09. The van der Waals surface area contributed by atoms with Gasteiger partial charge in [-0.2, -0.15) is 14.6 Å². The molecular weight excluding hydrogens is 222 g/mol. The van der Waals surface area contributed by atoms with Gasteiger partial charge in [0.25, 0.3) is 0 Å². The van der Waals surface area contributed by atoms with Gasteiger partial charge in [0, 0.05) is 23.6 Å². The van der Waals surface area contributed by atoms with Gasteiger partial charge in [-0.3, -0.25) is 0 Å². The maximum absolute atomic E-state index is 4.37. The lowest BCUT2D eigenvalue weighted by atomic mass is 10.2. The van der Waals surface area contributed by atoms with Crippen LogP contribution in [0.5, 0.6) is 0 Å². The van der Waals surface area contributed by atoms with Gasteiger partial charge in [0.1, 0.15) is 5.82 Å². The summed E-state index contributed by atoms with van der Waals surface area (Å²) in [5, 5.41) is 11.8. The molecule has 0 saturated carbocycles. The minimum Gasteiger partial charge on any atom is -0.355 e. The monoisotopic (exact) mass is 235 g/mol. The third-order valence-electron chi connectivity index (χ3n) is 2.01. The molecule has 0 radical (unpaired) electrons. The highest BCUT2D eigenvalue weighted by Gasteiger charge is 2.07. The van der Waals surface area contributed by atoms with Crippen LogP contribution in [0.15, 0.2) is 18.3 Å². The van der Waals surface area contributed by atoms with Crippen molar-refractivity contribution in [1.29, 1.82) is 0 Å². The molecule has 5 nitrogen and oxygen atoms in total. The van der Waals surface area contributed by atoms with Crippen LogP contribution >= 0.6 is 11.5 Å². The third kappa shape index (κ3) is 2.73. The minimum absolute atomic E-state index is 0.364. The first-order valence-electron chi connectivity index (χ1n) is 5.10. The van der Waals surface area contributed by atoms with Crippen molar-refractivity contribution in [3.63, 3.8) is 0 Å². The second kappa shape index (κ2) is 4.98. The smallest absolute Gasteiger partial charge is 0.202 e. The molecule has 2 aromatic rings. The Morgan fingerprint density at radius 2 is 2.31 bits per heavy atom. The summed E-state index contributed by atoms with van der Waals surface area (Å²) in [4.78, 5) is 4.37. The van der Waals surface area contributed by atoms with Crippen LogP contribution < -0.4 is 5.32 Å². The van der Waals surface area contributed by atoms with E-state index in [2.05, 4.69) is 38.7 Å². The molecule has 0 amide bonds. The quantitative estimate of drug-likeness (QED) is 0.878. The molecule has 0 unspecified atom stereocenters. The van der Waals surface area contributed by atoms with Gasteiger partial charge in [0.2, 0.25) is 5.13 Å². The summed E-state index contributed by atoms with van der Waals surface area (Å²) in [5.74, 6) is 1.25. The number of aromatic nitrogens is 4. The van der Waals surface area contributed by atoms with Crippen LogP contribution in [-0.2, 0) is 6.54 Å². The van der Waals surface area contributed by atoms with Crippen molar-refractivity contribution in [2.24, 2.45) is 0 Å². The van der Waals surface area contributed by atoms with Gasteiger partial charge in [-0.05, 0) is 12.1 Å². The molecule has 2 aromatic heterocycles. The molecule has 0 spiro atoms. The summed E-state index contributed by atoms with van der Waals surface area (Å²) < 4.78 is 4.26. The van der Waals surface area contributed by atoms with E-state index in [-0.39, 0.29) is 0 Å². The molecule has 1 N–H and O–H groups in total. The maximum atomic E-state index is 4.37. The molecule has 0 aromatic carbocycles. The molecule has 0 bridgehead atoms. The van der Waals surface area contributed by atoms with E-state index >= 15 is 0 Å². The van der Waals surface area contributed by atoms with Crippen LogP contribution in [-0.4, -0.2) is 19.6 Å². The second-order valence-corrected chi connectivity index (χ2v) is 4.43. The van der Waals surface area contributed by atoms with E-state index < -0.39 is 0 Å². The van der Waals surface area contributed by atoms with E-state index in [0.29, 0.717) is 12.5 Å². The van der Waals surface area contributed by atoms with Crippen LogP contribution in [0.3, 0.4) is 0 Å². The van der Waals surface area contributed by atoms with Crippen LogP contribution in [0.4, 0.5) is 5.13 Å². The number of anilines is 1. The summed E-state index contributed by atoms with van der Waals surface area (Å²) in [7, 11) is 0. The predicted octanol–water partition coefficient (Wildman–Crippen LogP) is 2.06. The van der Waals surface area contributed by atoms with Gasteiger partial charge in [-0.15, -0.1) is 0 Å². The molecular formula is C10H13N5S. The van der Waals surface area contributed by atoms with Crippen molar-refractivity contribution in [1.82, 2.24) is 19.6 Å². The number of hydrogen-bond donors (Lipinski definition) is 1. The standard InChI is InChI=1S/C10H13N5S/c1-7(2)9-13-10(16-15-9)11-6-8-4-3-5-12-14-8/h3-5,7H,6H2,1-2H3,(H,11,13,15). The molecule has 0 aliphatic heterocycles. The number of nitrogens with zero attached hydrogens (tertiary/aromatic N) is 4. The average Bonchev–Trinajstić information content (AvgIpc) is 2.76. The SMILES string of the molecule is CC(C)c1nsc(NCc2cccnn2)n1. The van der Waals surface area contributed by atoms with Gasteiger partial charge < -0.3 is 5.32 Å². The Hall–Kier alpha value is -1.56. The number of rotatable bonds is 4. The Kier molecular flexibility index (Phi) is 3.40. The van der Waals surface area contributed by atoms with Gasteiger partial charge in [0.15, 0.2) is 0 Å². The van der Waals surface area contributed by atoms with Crippen LogP contribution in [0, 0.1) is 0 Å². The molecule has 0 fully saturated rings. The Labute approximate surface area is 98.1 Å². The van der Waals surface area contributed by atoms with E-state index in [1.54, 1.807) is 6.20 Å². The molecule has 0 saturated heterocycles. The lowest BCUT2D eigenvalue weighted by Crippen LogP contribution is -2.02. The van der Waals surface area contributed by atoms with Crippen molar-refractivity contribution in [3.05, 3.63) is 29.8 Å². The topological polar surface area (TPSA) is 63.6 Å². The van der Waals surface area contributed by atoms with E-state index in [9.17, 15) is 0 Å².